The average molecular weight is 459 g/mol. The molecule has 0 unspecified atom stereocenters. The van der Waals surface area contributed by atoms with Crippen LogP contribution in [0.2, 0.25) is 0 Å². The minimum absolute atomic E-state index is 0.381. The van der Waals surface area contributed by atoms with Crippen LogP contribution in [-0.4, -0.2) is 6.36 Å². The van der Waals surface area contributed by atoms with Crippen molar-refractivity contribution in [2.75, 3.05) is 0 Å². The van der Waals surface area contributed by atoms with E-state index in [1.165, 1.54) is 51.4 Å². The summed E-state index contributed by atoms with van der Waals surface area (Å²) >= 11 is 0. The highest BCUT2D eigenvalue weighted by Crippen LogP contribution is 2.42. The van der Waals surface area contributed by atoms with Crippen LogP contribution in [0.5, 0.6) is 5.75 Å². The number of aryl methyl sites for hydroxylation is 1. The molecule has 0 spiro atoms. The number of rotatable bonds is 8. The molecule has 2 fully saturated rings. The Bertz CT molecular complexity index is 718. The monoisotopic (exact) mass is 458 g/mol. The third kappa shape index (κ3) is 7.48. The van der Waals surface area contributed by atoms with Crippen LogP contribution in [0, 0.1) is 35.3 Å². The molecule has 0 aromatic heterocycles. The second-order valence-electron chi connectivity index (χ2n) is 9.65. The first kappa shape index (κ1) is 25.0. The van der Waals surface area contributed by atoms with Crippen LogP contribution in [0.25, 0.3) is 0 Å². The summed E-state index contributed by atoms with van der Waals surface area (Å²) in [6, 6.07) is 1.92. The summed E-state index contributed by atoms with van der Waals surface area (Å²) in [5.74, 6) is -1.10. The first-order valence-electron chi connectivity index (χ1n) is 12.2. The Morgan fingerprint density at radius 2 is 1.47 bits per heavy atom. The molecule has 180 valence electrons. The van der Waals surface area contributed by atoms with Gasteiger partial charge in [-0.1, -0.05) is 38.3 Å². The van der Waals surface area contributed by atoms with Gasteiger partial charge in [0.15, 0.2) is 11.6 Å². The summed E-state index contributed by atoms with van der Waals surface area (Å²) in [6.45, 7) is 2.21. The van der Waals surface area contributed by atoms with Crippen molar-refractivity contribution in [2.45, 2.75) is 90.3 Å². The van der Waals surface area contributed by atoms with Gasteiger partial charge in [0.05, 0.1) is 0 Å². The summed E-state index contributed by atoms with van der Waals surface area (Å²) in [6.07, 6.45) is 13.2. The van der Waals surface area contributed by atoms with Gasteiger partial charge in [-0.05, 0) is 99.2 Å². The van der Waals surface area contributed by atoms with Gasteiger partial charge in [0.25, 0.3) is 0 Å². The summed E-state index contributed by atoms with van der Waals surface area (Å²) in [5, 5.41) is 0. The van der Waals surface area contributed by atoms with Gasteiger partial charge in [-0.2, -0.15) is 0 Å². The van der Waals surface area contributed by atoms with Gasteiger partial charge in [0.2, 0.25) is 5.75 Å². The first-order chi connectivity index (χ1) is 15.2. The number of benzene rings is 1. The van der Waals surface area contributed by atoms with Crippen molar-refractivity contribution in [3.8, 4) is 5.75 Å². The van der Waals surface area contributed by atoms with E-state index in [-0.39, 0.29) is 0 Å². The third-order valence-electron chi connectivity index (χ3n) is 7.36. The summed E-state index contributed by atoms with van der Waals surface area (Å²) in [7, 11) is 0. The second kappa shape index (κ2) is 11.5. The summed E-state index contributed by atoms with van der Waals surface area (Å²) in [5.41, 5.74) is 0.381. The molecule has 0 radical (unpaired) electrons. The maximum atomic E-state index is 13.9. The predicted octanol–water partition coefficient (Wildman–Crippen LogP) is 8.77. The molecular formula is C26H35F5O. The number of ether oxygens (including phenoxy) is 1. The van der Waals surface area contributed by atoms with Gasteiger partial charge in [0, 0.05) is 0 Å². The Morgan fingerprint density at radius 3 is 2.00 bits per heavy atom. The fraction of sp³-hybridized carbons (Fsp3) is 0.692. The number of alkyl halides is 3. The molecule has 0 heterocycles. The lowest BCUT2D eigenvalue weighted by Gasteiger charge is -2.37. The molecule has 0 amide bonds. The number of hydrogen-bond acceptors (Lipinski definition) is 1. The van der Waals surface area contributed by atoms with E-state index in [1.807, 2.05) is 0 Å². The van der Waals surface area contributed by atoms with Crippen molar-refractivity contribution in [2.24, 2.45) is 23.7 Å². The van der Waals surface area contributed by atoms with Crippen molar-refractivity contribution >= 4 is 0 Å². The van der Waals surface area contributed by atoms with Crippen molar-refractivity contribution in [1.29, 1.82) is 0 Å². The second-order valence-corrected chi connectivity index (χ2v) is 9.65. The molecule has 2 aliphatic carbocycles. The zero-order valence-electron chi connectivity index (χ0n) is 18.9. The first-order valence-corrected chi connectivity index (χ1v) is 12.2. The van der Waals surface area contributed by atoms with Crippen LogP contribution >= 0.6 is 0 Å². The van der Waals surface area contributed by atoms with Crippen LogP contribution in [0.1, 0.15) is 83.1 Å². The van der Waals surface area contributed by atoms with Crippen molar-refractivity contribution in [3.63, 3.8) is 0 Å². The molecule has 0 bridgehead atoms. The van der Waals surface area contributed by atoms with E-state index in [1.54, 1.807) is 0 Å². The topological polar surface area (TPSA) is 9.23 Å². The molecule has 0 atom stereocenters. The average Bonchev–Trinajstić information content (AvgIpc) is 2.75. The van der Waals surface area contributed by atoms with Crippen molar-refractivity contribution in [3.05, 3.63) is 41.5 Å². The Labute approximate surface area is 188 Å². The zero-order valence-corrected chi connectivity index (χ0v) is 18.9. The minimum atomic E-state index is -5.12. The Kier molecular flexibility index (Phi) is 9.01. The summed E-state index contributed by atoms with van der Waals surface area (Å²) < 4.78 is 68.1. The molecule has 6 heteroatoms. The van der Waals surface area contributed by atoms with Gasteiger partial charge in [-0.25, -0.2) is 8.78 Å². The van der Waals surface area contributed by atoms with E-state index in [0.717, 1.165) is 49.1 Å². The van der Waals surface area contributed by atoms with E-state index >= 15 is 0 Å². The molecule has 0 N–H and O–H groups in total. The molecule has 0 aliphatic heterocycles. The smallest absolute Gasteiger partial charge is 0.399 e. The van der Waals surface area contributed by atoms with Crippen molar-refractivity contribution in [1.82, 2.24) is 0 Å². The van der Waals surface area contributed by atoms with E-state index in [0.29, 0.717) is 17.9 Å². The number of halogens is 5. The SMILES string of the molecule is CCCC=CC1CCC(C2CCC(CCc3cc(F)c(OC(F)(F)F)c(F)c3)CC2)CC1. The molecule has 2 saturated carbocycles. The maximum absolute atomic E-state index is 13.9. The fourth-order valence-corrected chi connectivity index (χ4v) is 5.55. The molecule has 3 rings (SSSR count). The molecule has 32 heavy (non-hydrogen) atoms. The van der Waals surface area contributed by atoms with Crippen LogP contribution in [0.15, 0.2) is 24.3 Å². The van der Waals surface area contributed by atoms with E-state index in [9.17, 15) is 22.0 Å². The molecule has 1 aromatic rings. The van der Waals surface area contributed by atoms with Crippen LogP contribution < -0.4 is 4.74 Å². The lowest BCUT2D eigenvalue weighted by molar-refractivity contribution is -0.276. The number of hydrogen-bond donors (Lipinski definition) is 0. The fourth-order valence-electron chi connectivity index (χ4n) is 5.55. The van der Waals surface area contributed by atoms with Crippen LogP contribution in [-0.2, 0) is 6.42 Å². The van der Waals surface area contributed by atoms with E-state index < -0.39 is 23.7 Å². The minimum Gasteiger partial charge on any atom is -0.399 e. The Morgan fingerprint density at radius 1 is 0.906 bits per heavy atom. The molecule has 0 saturated heterocycles. The summed E-state index contributed by atoms with van der Waals surface area (Å²) in [4.78, 5) is 0. The van der Waals surface area contributed by atoms with E-state index in [2.05, 4.69) is 23.8 Å². The normalized spacial score (nSPS) is 27.1. The Hall–Kier alpha value is -1.59. The van der Waals surface area contributed by atoms with Crippen molar-refractivity contribution < 1.29 is 26.7 Å². The Balaban J connectivity index is 1.41. The lowest BCUT2D eigenvalue weighted by atomic mass is 9.68. The molecule has 1 aromatic carbocycles. The molecular weight excluding hydrogens is 423 g/mol. The van der Waals surface area contributed by atoms with Gasteiger partial charge in [0.1, 0.15) is 0 Å². The zero-order chi connectivity index (χ0) is 23.1. The highest BCUT2D eigenvalue weighted by molar-refractivity contribution is 5.31. The molecule has 1 nitrogen and oxygen atoms in total. The molecule has 2 aliphatic rings. The van der Waals surface area contributed by atoms with Gasteiger partial charge >= 0.3 is 6.36 Å². The standard InChI is InChI=1S/C26H35F5O/c1-2-3-4-5-18-8-12-21(13-9-18)22-14-10-19(11-15-22)6-7-20-16-23(27)25(24(28)17-20)32-26(29,30)31/h4-5,16-19,21-22H,2-3,6-15H2,1H3. The van der Waals surface area contributed by atoms with Gasteiger partial charge in [-0.3, -0.25) is 0 Å². The largest absolute Gasteiger partial charge is 0.573 e. The van der Waals surface area contributed by atoms with Crippen LogP contribution in [0.4, 0.5) is 22.0 Å². The van der Waals surface area contributed by atoms with E-state index in [4.69, 9.17) is 0 Å². The maximum Gasteiger partial charge on any atom is 0.573 e. The third-order valence-corrected chi connectivity index (χ3v) is 7.36. The van der Waals surface area contributed by atoms with Gasteiger partial charge < -0.3 is 4.74 Å². The number of allylic oxidation sites excluding steroid dienone is 2. The predicted molar refractivity (Wildman–Crippen MR) is 116 cm³/mol. The van der Waals surface area contributed by atoms with Crippen LogP contribution in [0.3, 0.4) is 0 Å². The van der Waals surface area contributed by atoms with Gasteiger partial charge in [-0.15, -0.1) is 13.2 Å². The quantitative estimate of drug-likeness (QED) is 0.279. The lowest BCUT2D eigenvalue weighted by Crippen LogP contribution is -2.25. The highest BCUT2D eigenvalue weighted by atomic mass is 19.4. The number of unbranched alkanes of at least 4 members (excludes halogenated alkanes) is 1. The highest BCUT2D eigenvalue weighted by Gasteiger charge is 2.34.